The number of amides is 3. The summed E-state index contributed by atoms with van der Waals surface area (Å²) < 4.78 is 5.62. The van der Waals surface area contributed by atoms with Crippen molar-refractivity contribution in [3.63, 3.8) is 0 Å². The molecule has 8 heteroatoms. The van der Waals surface area contributed by atoms with Crippen molar-refractivity contribution in [2.24, 2.45) is 0 Å². The highest BCUT2D eigenvalue weighted by atomic mass is 32.2. The Labute approximate surface area is 162 Å². The molecule has 1 saturated carbocycles. The number of hydrogen-bond acceptors (Lipinski definition) is 6. The fraction of sp³-hybridized carbons (Fsp3) is 0.474. The van der Waals surface area contributed by atoms with Gasteiger partial charge in [0, 0.05) is 11.6 Å². The van der Waals surface area contributed by atoms with Crippen LogP contribution in [0.25, 0.3) is 11.5 Å². The summed E-state index contributed by atoms with van der Waals surface area (Å²) in [5.41, 5.74) is 3.07. The second kappa shape index (κ2) is 9.03. The molecule has 0 bridgehead atoms. The normalized spacial score (nSPS) is 14.7. The van der Waals surface area contributed by atoms with Crippen LogP contribution in [0.5, 0.6) is 0 Å². The van der Waals surface area contributed by atoms with Gasteiger partial charge in [-0.1, -0.05) is 48.2 Å². The summed E-state index contributed by atoms with van der Waals surface area (Å²) in [6, 6.07) is 5.73. The molecule has 1 heterocycles. The van der Waals surface area contributed by atoms with E-state index in [0.717, 1.165) is 54.1 Å². The van der Waals surface area contributed by atoms with Crippen LogP contribution in [0.3, 0.4) is 0 Å². The molecular weight excluding hydrogens is 364 g/mol. The van der Waals surface area contributed by atoms with Crippen LogP contribution >= 0.6 is 11.8 Å². The third-order valence-electron chi connectivity index (χ3n) is 4.40. The molecule has 2 N–H and O–H groups in total. The molecule has 7 nitrogen and oxygen atoms in total. The zero-order valence-electron chi connectivity index (χ0n) is 15.6. The Kier molecular flexibility index (Phi) is 6.49. The van der Waals surface area contributed by atoms with E-state index in [4.69, 9.17) is 4.42 Å². The van der Waals surface area contributed by atoms with Gasteiger partial charge in [0.05, 0.1) is 5.75 Å². The maximum Gasteiger partial charge on any atom is 0.321 e. The summed E-state index contributed by atoms with van der Waals surface area (Å²) in [4.78, 5) is 23.8. The van der Waals surface area contributed by atoms with Gasteiger partial charge in [-0.15, -0.1) is 10.2 Å². The van der Waals surface area contributed by atoms with E-state index in [2.05, 4.69) is 26.9 Å². The number of aryl methyl sites for hydroxylation is 2. The largest absolute Gasteiger partial charge is 0.411 e. The fourth-order valence-corrected chi connectivity index (χ4v) is 3.80. The maximum absolute atomic E-state index is 12.0. The molecule has 1 aliphatic rings. The molecule has 2 aromatic rings. The van der Waals surface area contributed by atoms with E-state index in [1.165, 1.54) is 6.42 Å². The van der Waals surface area contributed by atoms with Gasteiger partial charge >= 0.3 is 6.03 Å². The third kappa shape index (κ3) is 5.82. The quantitative estimate of drug-likeness (QED) is 0.760. The number of rotatable bonds is 5. The molecule has 0 atom stereocenters. The van der Waals surface area contributed by atoms with Crippen molar-refractivity contribution < 1.29 is 14.0 Å². The lowest BCUT2D eigenvalue weighted by Crippen LogP contribution is -2.45. The zero-order valence-corrected chi connectivity index (χ0v) is 16.4. The number of aromatic nitrogens is 2. The molecule has 1 aliphatic carbocycles. The van der Waals surface area contributed by atoms with E-state index < -0.39 is 6.03 Å². The van der Waals surface area contributed by atoms with Crippen molar-refractivity contribution in [3.05, 3.63) is 29.3 Å². The van der Waals surface area contributed by atoms with E-state index in [1.54, 1.807) is 0 Å². The molecule has 0 saturated heterocycles. The summed E-state index contributed by atoms with van der Waals surface area (Å²) in [6.07, 6.45) is 5.40. The minimum Gasteiger partial charge on any atom is -0.411 e. The van der Waals surface area contributed by atoms with Gasteiger partial charge in [-0.3, -0.25) is 10.1 Å². The molecule has 1 fully saturated rings. The highest BCUT2D eigenvalue weighted by molar-refractivity contribution is 7.99. The van der Waals surface area contributed by atoms with Crippen LogP contribution in [-0.4, -0.2) is 33.9 Å². The topological polar surface area (TPSA) is 97.1 Å². The van der Waals surface area contributed by atoms with E-state index >= 15 is 0 Å². The van der Waals surface area contributed by atoms with Gasteiger partial charge in [-0.05, 0) is 38.8 Å². The minimum atomic E-state index is -0.436. The van der Waals surface area contributed by atoms with Crippen LogP contribution < -0.4 is 10.6 Å². The molecule has 0 radical (unpaired) electrons. The zero-order chi connectivity index (χ0) is 19.2. The number of nitrogens with zero attached hydrogens (tertiary/aromatic N) is 2. The highest BCUT2D eigenvalue weighted by Crippen LogP contribution is 2.24. The van der Waals surface area contributed by atoms with Crippen LogP contribution in [-0.2, 0) is 4.79 Å². The first-order chi connectivity index (χ1) is 13.0. The first-order valence-corrected chi connectivity index (χ1v) is 10.1. The summed E-state index contributed by atoms with van der Waals surface area (Å²) >= 11 is 1.11. The van der Waals surface area contributed by atoms with Crippen LogP contribution in [0.2, 0.25) is 0 Å². The fourth-order valence-electron chi connectivity index (χ4n) is 3.24. The molecule has 3 amide bonds. The van der Waals surface area contributed by atoms with Crippen LogP contribution in [0.4, 0.5) is 4.79 Å². The molecule has 0 unspecified atom stereocenters. The number of hydrogen-bond donors (Lipinski definition) is 2. The summed E-state index contributed by atoms with van der Waals surface area (Å²) in [5.74, 6) is 0.0613. The lowest BCUT2D eigenvalue weighted by atomic mass is 9.96. The SMILES string of the molecule is Cc1cc(C)cc(-c2nnc(SCC(=O)NC(=O)NC3CCCCC3)o2)c1. The van der Waals surface area contributed by atoms with Gasteiger partial charge in [0.1, 0.15) is 0 Å². The predicted octanol–water partition coefficient (Wildman–Crippen LogP) is 3.60. The molecule has 144 valence electrons. The van der Waals surface area contributed by atoms with Gasteiger partial charge in [-0.2, -0.15) is 0 Å². The first kappa shape index (κ1) is 19.4. The summed E-state index contributed by atoms with van der Waals surface area (Å²) in [6.45, 7) is 4.01. The lowest BCUT2D eigenvalue weighted by molar-refractivity contribution is -0.117. The predicted molar refractivity (Wildman–Crippen MR) is 103 cm³/mol. The smallest absolute Gasteiger partial charge is 0.321 e. The average molecular weight is 388 g/mol. The van der Waals surface area contributed by atoms with E-state index in [0.29, 0.717) is 11.1 Å². The molecule has 0 aliphatic heterocycles. The molecule has 1 aromatic carbocycles. The van der Waals surface area contributed by atoms with Crippen molar-refractivity contribution in [2.75, 3.05) is 5.75 Å². The van der Waals surface area contributed by atoms with Crippen molar-refractivity contribution in [2.45, 2.75) is 57.2 Å². The molecule has 1 aromatic heterocycles. The van der Waals surface area contributed by atoms with Gasteiger partial charge in [0.2, 0.25) is 11.8 Å². The number of benzene rings is 1. The second-order valence-electron chi connectivity index (χ2n) is 6.89. The van der Waals surface area contributed by atoms with Crippen molar-refractivity contribution in [1.29, 1.82) is 0 Å². The Hall–Kier alpha value is -2.35. The Morgan fingerprint density at radius 1 is 1.11 bits per heavy atom. The monoisotopic (exact) mass is 388 g/mol. The Balaban J connectivity index is 1.47. The second-order valence-corrected chi connectivity index (χ2v) is 7.82. The summed E-state index contributed by atoms with van der Waals surface area (Å²) in [5, 5.41) is 13.5. The Morgan fingerprint density at radius 2 is 1.81 bits per heavy atom. The third-order valence-corrected chi connectivity index (χ3v) is 5.21. The maximum atomic E-state index is 12.0. The summed E-state index contributed by atoms with van der Waals surface area (Å²) in [7, 11) is 0. The van der Waals surface area contributed by atoms with E-state index in [-0.39, 0.29) is 17.7 Å². The minimum absolute atomic E-state index is 0.0343. The number of thioether (sulfide) groups is 1. The van der Waals surface area contributed by atoms with Gasteiger partial charge in [0.15, 0.2) is 0 Å². The van der Waals surface area contributed by atoms with Crippen LogP contribution in [0, 0.1) is 13.8 Å². The number of carbonyl (C=O) groups is 2. The molecule has 0 spiro atoms. The Morgan fingerprint density at radius 3 is 2.52 bits per heavy atom. The van der Waals surface area contributed by atoms with Crippen LogP contribution in [0.1, 0.15) is 43.2 Å². The highest BCUT2D eigenvalue weighted by Gasteiger charge is 2.18. The van der Waals surface area contributed by atoms with Crippen LogP contribution in [0.15, 0.2) is 27.8 Å². The van der Waals surface area contributed by atoms with Crippen molar-refractivity contribution in [1.82, 2.24) is 20.8 Å². The number of carbonyl (C=O) groups excluding carboxylic acids is 2. The van der Waals surface area contributed by atoms with Gasteiger partial charge in [0.25, 0.3) is 5.22 Å². The molecule has 3 rings (SSSR count). The van der Waals surface area contributed by atoms with E-state index in [9.17, 15) is 9.59 Å². The van der Waals surface area contributed by atoms with E-state index in [1.807, 2.05) is 26.0 Å². The standard InChI is InChI=1S/C19H24N4O3S/c1-12-8-13(2)10-14(9-12)17-22-23-19(26-17)27-11-16(24)21-18(25)20-15-6-4-3-5-7-15/h8-10,15H,3-7,11H2,1-2H3,(H2,20,21,24,25). The molecular formula is C19H24N4O3S. The first-order valence-electron chi connectivity index (χ1n) is 9.15. The van der Waals surface area contributed by atoms with Crippen molar-refractivity contribution in [3.8, 4) is 11.5 Å². The van der Waals surface area contributed by atoms with Crippen molar-refractivity contribution >= 4 is 23.7 Å². The number of urea groups is 1. The Bertz CT molecular complexity index is 795. The average Bonchev–Trinajstić information content (AvgIpc) is 3.09. The molecule has 27 heavy (non-hydrogen) atoms. The lowest BCUT2D eigenvalue weighted by Gasteiger charge is -2.22. The van der Waals surface area contributed by atoms with Gasteiger partial charge in [-0.25, -0.2) is 4.79 Å². The number of imide groups is 1. The number of nitrogens with one attached hydrogen (secondary N) is 2. The van der Waals surface area contributed by atoms with Gasteiger partial charge < -0.3 is 9.73 Å².